The van der Waals surface area contributed by atoms with Gasteiger partial charge in [-0.05, 0) is 30.0 Å². The zero-order valence-corrected chi connectivity index (χ0v) is 13.4. The maximum absolute atomic E-state index is 12.2. The van der Waals surface area contributed by atoms with Crippen LogP contribution in [0.1, 0.15) is 36.8 Å². The second-order valence-electron chi connectivity index (χ2n) is 6.08. The predicted octanol–water partition coefficient (Wildman–Crippen LogP) is 3.02. The van der Waals surface area contributed by atoms with Crippen LogP contribution >= 0.6 is 0 Å². The number of benzene rings is 1. The first-order chi connectivity index (χ1) is 11.3. The summed E-state index contributed by atoms with van der Waals surface area (Å²) in [4.78, 5) is 14.1. The van der Waals surface area contributed by atoms with Crippen LogP contribution in [-0.4, -0.2) is 33.8 Å². The molecule has 1 aliphatic heterocycles. The molecule has 1 aromatic heterocycles. The molecule has 3 rings (SSSR count). The zero-order valence-electron chi connectivity index (χ0n) is 13.4. The second-order valence-corrected chi connectivity index (χ2v) is 6.08. The topological polar surface area (TPSA) is 50.2 Å². The summed E-state index contributed by atoms with van der Waals surface area (Å²) in [6.45, 7) is 3.12. The number of carbonyl (C=O) groups is 1. The maximum Gasteiger partial charge on any atom is 0.317 e. The van der Waals surface area contributed by atoms with Crippen LogP contribution in [0.15, 0.2) is 42.7 Å². The molecule has 2 amide bonds. The van der Waals surface area contributed by atoms with E-state index in [0.717, 1.165) is 38.0 Å². The van der Waals surface area contributed by atoms with Gasteiger partial charge in [0.25, 0.3) is 0 Å². The highest BCUT2D eigenvalue weighted by molar-refractivity contribution is 5.74. The minimum atomic E-state index is 0.0625. The van der Waals surface area contributed by atoms with Crippen LogP contribution < -0.4 is 5.32 Å². The Morgan fingerprint density at radius 2 is 1.74 bits per heavy atom. The lowest BCUT2D eigenvalue weighted by atomic mass is 10.1. The molecule has 5 heteroatoms. The molecular weight excluding hydrogens is 288 g/mol. The fraction of sp³-hybridized carbons (Fsp3) is 0.444. The molecular formula is C18H24N4O. The summed E-state index contributed by atoms with van der Waals surface area (Å²) in [6.07, 6.45) is 8.45. The first kappa shape index (κ1) is 15.6. The summed E-state index contributed by atoms with van der Waals surface area (Å²) in [5, 5.41) is 7.24. The third kappa shape index (κ3) is 4.58. The molecule has 1 saturated heterocycles. The standard InChI is InChI=1S/C18H24N4O/c23-18(21-11-3-1-2-4-12-21)19-14-16-6-8-17(9-7-16)15-22-13-5-10-20-22/h5-10,13H,1-4,11-12,14-15H2,(H,19,23). The number of likely N-dealkylation sites (tertiary alicyclic amines) is 1. The summed E-state index contributed by atoms with van der Waals surface area (Å²) < 4.78 is 1.90. The number of amides is 2. The van der Waals surface area contributed by atoms with Crippen molar-refractivity contribution in [2.45, 2.75) is 38.8 Å². The molecule has 1 aromatic carbocycles. The van der Waals surface area contributed by atoms with Crippen LogP contribution in [-0.2, 0) is 13.1 Å². The van der Waals surface area contributed by atoms with Gasteiger partial charge in [-0.1, -0.05) is 37.1 Å². The van der Waals surface area contributed by atoms with E-state index in [-0.39, 0.29) is 6.03 Å². The molecule has 0 aliphatic carbocycles. The van der Waals surface area contributed by atoms with Crippen molar-refractivity contribution in [3.8, 4) is 0 Å². The maximum atomic E-state index is 12.2. The second kappa shape index (κ2) is 7.81. The number of rotatable bonds is 4. The monoisotopic (exact) mass is 312 g/mol. The van der Waals surface area contributed by atoms with Gasteiger partial charge >= 0.3 is 6.03 Å². The number of carbonyl (C=O) groups excluding carboxylic acids is 1. The van der Waals surface area contributed by atoms with Crippen molar-refractivity contribution in [3.05, 3.63) is 53.9 Å². The number of hydrogen-bond acceptors (Lipinski definition) is 2. The third-order valence-electron chi connectivity index (χ3n) is 4.26. The highest BCUT2D eigenvalue weighted by Gasteiger charge is 2.14. The Bertz CT molecular complexity index is 598. The summed E-state index contributed by atoms with van der Waals surface area (Å²) in [7, 11) is 0. The molecule has 2 heterocycles. The minimum Gasteiger partial charge on any atom is -0.334 e. The molecule has 5 nitrogen and oxygen atoms in total. The molecule has 23 heavy (non-hydrogen) atoms. The van der Waals surface area contributed by atoms with Crippen molar-refractivity contribution < 1.29 is 4.79 Å². The van der Waals surface area contributed by atoms with Crippen molar-refractivity contribution in [1.82, 2.24) is 20.0 Å². The van der Waals surface area contributed by atoms with Crippen molar-refractivity contribution in [2.24, 2.45) is 0 Å². The van der Waals surface area contributed by atoms with Gasteiger partial charge in [0.15, 0.2) is 0 Å². The van der Waals surface area contributed by atoms with E-state index in [1.54, 1.807) is 6.20 Å². The number of nitrogens with zero attached hydrogens (tertiary/aromatic N) is 3. The Labute approximate surface area is 137 Å². The predicted molar refractivity (Wildman–Crippen MR) is 90.0 cm³/mol. The van der Waals surface area contributed by atoms with Crippen molar-refractivity contribution in [3.63, 3.8) is 0 Å². The largest absolute Gasteiger partial charge is 0.334 e. The van der Waals surface area contributed by atoms with Crippen LogP contribution in [0.5, 0.6) is 0 Å². The Balaban J connectivity index is 1.49. The molecule has 0 spiro atoms. The van der Waals surface area contributed by atoms with Gasteiger partial charge in [0.05, 0.1) is 6.54 Å². The van der Waals surface area contributed by atoms with Crippen LogP contribution in [0.3, 0.4) is 0 Å². The fourth-order valence-corrected chi connectivity index (χ4v) is 2.91. The van der Waals surface area contributed by atoms with Gasteiger partial charge in [0.2, 0.25) is 0 Å². The molecule has 0 saturated carbocycles. The average molecular weight is 312 g/mol. The molecule has 122 valence electrons. The highest BCUT2D eigenvalue weighted by Crippen LogP contribution is 2.10. The number of nitrogens with one attached hydrogen (secondary N) is 1. The molecule has 0 radical (unpaired) electrons. The van der Waals surface area contributed by atoms with Gasteiger partial charge in [0, 0.05) is 32.0 Å². The number of aromatic nitrogens is 2. The molecule has 0 unspecified atom stereocenters. The van der Waals surface area contributed by atoms with Crippen LogP contribution in [0.4, 0.5) is 4.79 Å². The van der Waals surface area contributed by atoms with Gasteiger partial charge in [0.1, 0.15) is 0 Å². The van der Waals surface area contributed by atoms with Crippen molar-refractivity contribution in [2.75, 3.05) is 13.1 Å². The van der Waals surface area contributed by atoms with E-state index in [1.807, 2.05) is 21.8 Å². The average Bonchev–Trinajstić information content (AvgIpc) is 2.93. The van der Waals surface area contributed by atoms with Gasteiger partial charge in [-0.3, -0.25) is 4.68 Å². The normalized spacial score (nSPS) is 15.2. The van der Waals surface area contributed by atoms with E-state index < -0.39 is 0 Å². The van der Waals surface area contributed by atoms with Crippen LogP contribution in [0, 0.1) is 0 Å². The lowest BCUT2D eigenvalue weighted by Crippen LogP contribution is -2.40. The number of urea groups is 1. The van der Waals surface area contributed by atoms with Gasteiger partial charge in [-0.15, -0.1) is 0 Å². The molecule has 1 N–H and O–H groups in total. The van der Waals surface area contributed by atoms with E-state index in [0.29, 0.717) is 6.54 Å². The van der Waals surface area contributed by atoms with Crippen LogP contribution in [0.25, 0.3) is 0 Å². The van der Waals surface area contributed by atoms with Gasteiger partial charge in [-0.2, -0.15) is 5.10 Å². The van der Waals surface area contributed by atoms with Crippen molar-refractivity contribution in [1.29, 1.82) is 0 Å². The zero-order chi connectivity index (χ0) is 15.9. The van der Waals surface area contributed by atoms with Gasteiger partial charge in [-0.25, -0.2) is 4.79 Å². The van der Waals surface area contributed by atoms with Gasteiger partial charge < -0.3 is 10.2 Å². The van der Waals surface area contributed by atoms with E-state index in [4.69, 9.17) is 0 Å². The number of hydrogen-bond donors (Lipinski definition) is 1. The third-order valence-corrected chi connectivity index (χ3v) is 4.26. The summed E-state index contributed by atoms with van der Waals surface area (Å²) in [5.41, 5.74) is 2.33. The molecule has 0 atom stereocenters. The fourth-order valence-electron chi connectivity index (χ4n) is 2.91. The Morgan fingerprint density at radius 3 is 2.39 bits per heavy atom. The first-order valence-corrected chi connectivity index (χ1v) is 8.39. The lowest BCUT2D eigenvalue weighted by molar-refractivity contribution is 0.199. The lowest BCUT2D eigenvalue weighted by Gasteiger charge is -2.20. The van der Waals surface area contributed by atoms with Crippen molar-refractivity contribution >= 4 is 6.03 Å². The Kier molecular flexibility index (Phi) is 5.29. The summed E-state index contributed by atoms with van der Waals surface area (Å²) in [6, 6.07) is 10.3. The first-order valence-electron chi connectivity index (χ1n) is 8.39. The molecule has 0 bridgehead atoms. The SMILES string of the molecule is O=C(NCc1ccc(Cn2cccn2)cc1)N1CCCCCC1. The quantitative estimate of drug-likeness (QED) is 0.943. The Hall–Kier alpha value is -2.30. The summed E-state index contributed by atoms with van der Waals surface area (Å²) in [5.74, 6) is 0. The summed E-state index contributed by atoms with van der Waals surface area (Å²) >= 11 is 0. The molecule has 1 aliphatic rings. The van der Waals surface area contributed by atoms with E-state index in [9.17, 15) is 4.79 Å². The van der Waals surface area contributed by atoms with E-state index in [1.165, 1.54) is 18.4 Å². The minimum absolute atomic E-state index is 0.0625. The molecule has 2 aromatic rings. The highest BCUT2D eigenvalue weighted by atomic mass is 16.2. The van der Waals surface area contributed by atoms with Crippen LogP contribution in [0.2, 0.25) is 0 Å². The Morgan fingerprint density at radius 1 is 1.04 bits per heavy atom. The van der Waals surface area contributed by atoms with E-state index in [2.05, 4.69) is 34.7 Å². The van der Waals surface area contributed by atoms with E-state index >= 15 is 0 Å². The molecule has 1 fully saturated rings. The smallest absolute Gasteiger partial charge is 0.317 e.